The third kappa shape index (κ3) is 4.54. The van der Waals surface area contributed by atoms with E-state index in [0.717, 1.165) is 6.42 Å². The van der Waals surface area contributed by atoms with Gasteiger partial charge in [-0.15, -0.1) is 11.6 Å². The van der Waals surface area contributed by atoms with Gasteiger partial charge in [0.15, 0.2) is 0 Å². The van der Waals surface area contributed by atoms with Crippen molar-refractivity contribution >= 4 is 17.6 Å². The Bertz CT molecular complexity index is 133. The van der Waals surface area contributed by atoms with Crippen LogP contribution in [0.15, 0.2) is 0 Å². The SMILES string of the molecule is COC(=O)C(CCCN)NCCl. The van der Waals surface area contributed by atoms with Gasteiger partial charge in [-0.25, -0.2) is 0 Å². The van der Waals surface area contributed by atoms with Crippen LogP contribution in [-0.2, 0) is 9.53 Å². The maximum Gasteiger partial charge on any atom is 0.322 e. The van der Waals surface area contributed by atoms with Gasteiger partial charge in [0.2, 0.25) is 0 Å². The minimum atomic E-state index is -0.323. The van der Waals surface area contributed by atoms with E-state index in [4.69, 9.17) is 17.3 Å². The van der Waals surface area contributed by atoms with Crippen LogP contribution in [0, 0.1) is 0 Å². The minimum absolute atomic E-state index is 0.240. The van der Waals surface area contributed by atoms with E-state index < -0.39 is 0 Å². The molecule has 1 unspecified atom stereocenters. The van der Waals surface area contributed by atoms with Crippen LogP contribution in [0.4, 0.5) is 0 Å². The highest BCUT2D eigenvalue weighted by molar-refractivity contribution is 6.17. The molecule has 4 nitrogen and oxygen atoms in total. The van der Waals surface area contributed by atoms with Gasteiger partial charge in [-0.05, 0) is 19.4 Å². The lowest BCUT2D eigenvalue weighted by molar-refractivity contribution is -0.143. The van der Waals surface area contributed by atoms with Gasteiger partial charge < -0.3 is 10.5 Å². The lowest BCUT2D eigenvalue weighted by Crippen LogP contribution is -2.37. The molecule has 72 valence electrons. The Morgan fingerprint density at radius 2 is 2.42 bits per heavy atom. The fourth-order valence-corrected chi connectivity index (χ4v) is 1.05. The number of hydrogen-bond donors (Lipinski definition) is 2. The fraction of sp³-hybridized carbons (Fsp3) is 0.857. The average Bonchev–Trinajstić information content (AvgIpc) is 2.11. The number of halogens is 1. The van der Waals surface area contributed by atoms with Crippen LogP contribution in [0.3, 0.4) is 0 Å². The first-order chi connectivity index (χ1) is 5.76. The van der Waals surface area contributed by atoms with Crippen LogP contribution in [0.1, 0.15) is 12.8 Å². The smallest absolute Gasteiger partial charge is 0.322 e. The number of ether oxygens (including phenoxy) is 1. The highest BCUT2D eigenvalue weighted by atomic mass is 35.5. The zero-order valence-corrected chi connectivity index (χ0v) is 7.93. The Morgan fingerprint density at radius 3 is 2.83 bits per heavy atom. The van der Waals surface area contributed by atoms with Gasteiger partial charge in [0.25, 0.3) is 0 Å². The number of alkyl halides is 1. The van der Waals surface area contributed by atoms with Gasteiger partial charge >= 0.3 is 5.97 Å². The zero-order chi connectivity index (χ0) is 9.40. The van der Waals surface area contributed by atoms with E-state index in [9.17, 15) is 4.79 Å². The lowest BCUT2D eigenvalue weighted by atomic mass is 10.1. The van der Waals surface area contributed by atoms with Gasteiger partial charge in [0.05, 0.1) is 13.1 Å². The van der Waals surface area contributed by atoms with Crippen LogP contribution >= 0.6 is 11.6 Å². The number of carbonyl (C=O) groups excluding carboxylic acids is 1. The summed E-state index contributed by atoms with van der Waals surface area (Å²) in [5.41, 5.74) is 5.30. The third-order valence-electron chi connectivity index (χ3n) is 1.51. The molecule has 0 fully saturated rings. The summed E-state index contributed by atoms with van der Waals surface area (Å²) in [6.45, 7) is 0.567. The molecule has 0 aromatic carbocycles. The van der Waals surface area contributed by atoms with Crippen LogP contribution in [0.2, 0.25) is 0 Å². The van der Waals surface area contributed by atoms with Crippen LogP contribution in [-0.4, -0.2) is 31.7 Å². The molecule has 0 saturated heterocycles. The predicted octanol–water partition coefficient (Wildman–Crippen LogP) is 0.0528. The summed E-state index contributed by atoms with van der Waals surface area (Å²) >= 11 is 5.43. The van der Waals surface area contributed by atoms with Crippen molar-refractivity contribution in [1.82, 2.24) is 5.32 Å². The van der Waals surface area contributed by atoms with Gasteiger partial charge in [0.1, 0.15) is 6.04 Å². The number of nitrogens with two attached hydrogens (primary N) is 1. The van der Waals surface area contributed by atoms with Crippen molar-refractivity contribution in [1.29, 1.82) is 0 Å². The Kier molecular flexibility index (Phi) is 7.14. The Morgan fingerprint density at radius 1 is 1.75 bits per heavy atom. The second kappa shape index (κ2) is 7.34. The fourth-order valence-electron chi connectivity index (χ4n) is 0.861. The van der Waals surface area contributed by atoms with E-state index in [1.807, 2.05) is 0 Å². The maximum absolute atomic E-state index is 11.0. The van der Waals surface area contributed by atoms with Crippen molar-refractivity contribution < 1.29 is 9.53 Å². The molecule has 0 radical (unpaired) electrons. The third-order valence-corrected chi connectivity index (χ3v) is 1.66. The first-order valence-corrected chi connectivity index (χ1v) is 4.37. The largest absolute Gasteiger partial charge is 0.468 e. The summed E-state index contributed by atoms with van der Waals surface area (Å²) in [6.07, 6.45) is 1.44. The molecule has 0 spiro atoms. The summed E-state index contributed by atoms with van der Waals surface area (Å²) in [4.78, 5) is 11.0. The summed E-state index contributed by atoms with van der Waals surface area (Å²) in [5, 5.41) is 2.80. The van der Waals surface area contributed by atoms with Gasteiger partial charge in [-0.3, -0.25) is 10.1 Å². The number of nitrogens with one attached hydrogen (secondary N) is 1. The van der Waals surface area contributed by atoms with Gasteiger partial charge in [-0.1, -0.05) is 0 Å². The molecule has 1 atom stereocenters. The van der Waals surface area contributed by atoms with Crippen molar-refractivity contribution in [3.05, 3.63) is 0 Å². The van der Waals surface area contributed by atoms with Crippen molar-refractivity contribution in [3.8, 4) is 0 Å². The minimum Gasteiger partial charge on any atom is -0.468 e. The first-order valence-electron chi connectivity index (χ1n) is 3.83. The summed E-state index contributed by atoms with van der Waals surface area (Å²) < 4.78 is 4.56. The summed E-state index contributed by atoms with van der Waals surface area (Å²) in [6, 6.07) is -0.0827. The van der Waals surface area contributed by atoms with E-state index in [-0.39, 0.29) is 18.0 Å². The van der Waals surface area contributed by atoms with Crippen LogP contribution in [0.5, 0.6) is 0 Å². The molecule has 3 N–H and O–H groups in total. The molecule has 0 bridgehead atoms. The molecule has 0 saturated carbocycles. The van der Waals surface area contributed by atoms with E-state index in [0.29, 0.717) is 13.0 Å². The van der Waals surface area contributed by atoms with Crippen molar-refractivity contribution in [2.24, 2.45) is 5.73 Å². The molecule has 0 aliphatic heterocycles. The monoisotopic (exact) mass is 194 g/mol. The van der Waals surface area contributed by atoms with Gasteiger partial charge in [-0.2, -0.15) is 0 Å². The predicted molar refractivity (Wildman–Crippen MR) is 47.9 cm³/mol. The Labute approximate surface area is 77.4 Å². The summed E-state index contributed by atoms with van der Waals surface area (Å²) in [5.74, 6) is -0.288. The molecule has 0 rings (SSSR count). The second-order valence-corrected chi connectivity index (χ2v) is 2.61. The van der Waals surface area contributed by atoms with E-state index in [1.54, 1.807) is 0 Å². The lowest BCUT2D eigenvalue weighted by Gasteiger charge is -2.13. The number of rotatable bonds is 6. The summed E-state index contributed by atoms with van der Waals surface area (Å²) in [7, 11) is 1.35. The highest BCUT2D eigenvalue weighted by Crippen LogP contribution is 1.98. The zero-order valence-electron chi connectivity index (χ0n) is 7.18. The van der Waals surface area contributed by atoms with Crippen molar-refractivity contribution in [2.75, 3.05) is 19.7 Å². The number of esters is 1. The normalized spacial score (nSPS) is 12.6. The highest BCUT2D eigenvalue weighted by Gasteiger charge is 2.16. The molecule has 0 amide bonds. The van der Waals surface area contributed by atoms with E-state index in [1.165, 1.54) is 7.11 Å². The molecule has 0 aromatic heterocycles. The molecule has 0 aliphatic carbocycles. The van der Waals surface area contributed by atoms with Crippen molar-refractivity contribution in [2.45, 2.75) is 18.9 Å². The number of carbonyl (C=O) groups is 1. The molecule has 12 heavy (non-hydrogen) atoms. The average molecular weight is 195 g/mol. The molecule has 5 heteroatoms. The second-order valence-electron chi connectivity index (χ2n) is 2.34. The Balaban J connectivity index is 3.76. The van der Waals surface area contributed by atoms with Crippen molar-refractivity contribution in [3.63, 3.8) is 0 Å². The molecular formula is C7H15ClN2O2. The van der Waals surface area contributed by atoms with Gasteiger partial charge in [0, 0.05) is 0 Å². The maximum atomic E-state index is 11.0. The molecule has 0 aliphatic rings. The van der Waals surface area contributed by atoms with E-state index >= 15 is 0 Å². The molecule has 0 heterocycles. The van der Waals surface area contributed by atoms with Crippen LogP contribution in [0.25, 0.3) is 0 Å². The van der Waals surface area contributed by atoms with Crippen LogP contribution < -0.4 is 11.1 Å². The standard InChI is InChI=1S/C7H15ClN2O2/c1-12-7(11)6(10-5-8)3-2-4-9/h6,10H,2-5,9H2,1H3. The number of hydrogen-bond acceptors (Lipinski definition) is 4. The number of methoxy groups -OCH3 is 1. The van der Waals surface area contributed by atoms with E-state index in [2.05, 4.69) is 10.1 Å². The topological polar surface area (TPSA) is 64.3 Å². The molecule has 0 aromatic rings. The first kappa shape index (κ1) is 11.7. The Hall–Kier alpha value is -0.320. The quantitative estimate of drug-likeness (QED) is 0.357. The molecular weight excluding hydrogens is 180 g/mol.